The molecule has 3 aromatic rings. The Morgan fingerprint density at radius 3 is 2.63 bits per heavy atom. The lowest BCUT2D eigenvalue weighted by Crippen LogP contribution is -1.97. The molecule has 0 bridgehead atoms. The molecule has 0 saturated heterocycles. The molecular weight excluding hydrogens is 240 g/mol. The Bertz CT molecular complexity index is 697. The van der Waals surface area contributed by atoms with Crippen molar-refractivity contribution < 1.29 is 4.74 Å². The predicted octanol–water partition coefficient (Wildman–Crippen LogP) is 2.78. The molecule has 0 aliphatic rings. The molecule has 0 fully saturated rings. The summed E-state index contributed by atoms with van der Waals surface area (Å²) < 4.78 is 5.11. The molecule has 5 nitrogen and oxygen atoms in total. The molecule has 0 aliphatic heterocycles. The lowest BCUT2D eigenvalue weighted by atomic mass is 10.3. The molecule has 5 heteroatoms. The minimum atomic E-state index is 0.547. The fourth-order valence-electron chi connectivity index (χ4n) is 1.73. The molecule has 0 atom stereocenters. The van der Waals surface area contributed by atoms with Crippen LogP contribution in [0.1, 0.15) is 0 Å². The molecule has 1 N–H and O–H groups in total. The van der Waals surface area contributed by atoms with Crippen molar-refractivity contribution in [2.75, 3.05) is 12.4 Å². The van der Waals surface area contributed by atoms with Gasteiger partial charge in [-0.15, -0.1) is 0 Å². The van der Waals surface area contributed by atoms with Crippen molar-refractivity contribution in [3.05, 3.63) is 48.8 Å². The molecule has 1 aromatic carbocycles. The van der Waals surface area contributed by atoms with Crippen LogP contribution in [0.4, 0.5) is 11.6 Å². The van der Waals surface area contributed by atoms with Crippen LogP contribution in [0.3, 0.4) is 0 Å². The maximum atomic E-state index is 5.11. The first kappa shape index (κ1) is 11.4. The number of hydrogen-bond donors (Lipinski definition) is 1. The van der Waals surface area contributed by atoms with Gasteiger partial charge in [0.05, 0.1) is 18.8 Å². The van der Waals surface area contributed by atoms with Crippen molar-refractivity contribution >= 4 is 22.7 Å². The summed E-state index contributed by atoms with van der Waals surface area (Å²) in [7, 11) is 1.64. The largest absolute Gasteiger partial charge is 0.497 e. The number of methoxy groups -OCH3 is 1. The summed E-state index contributed by atoms with van der Waals surface area (Å²) in [4.78, 5) is 12.8. The van der Waals surface area contributed by atoms with Crippen molar-refractivity contribution in [1.29, 1.82) is 0 Å². The van der Waals surface area contributed by atoms with Crippen molar-refractivity contribution in [3.8, 4) is 5.75 Å². The van der Waals surface area contributed by atoms with Gasteiger partial charge in [0.15, 0.2) is 0 Å². The summed E-state index contributed by atoms with van der Waals surface area (Å²) in [5.41, 5.74) is 2.50. The van der Waals surface area contributed by atoms with Gasteiger partial charge in [-0.05, 0) is 36.4 Å². The molecule has 3 rings (SSSR count). The van der Waals surface area contributed by atoms with Gasteiger partial charge in [-0.2, -0.15) is 0 Å². The molecule has 0 spiro atoms. The fraction of sp³-hybridized carbons (Fsp3) is 0.0714. The number of anilines is 2. The standard InChI is InChI=1S/C14H12N4O/c1-19-11-6-4-10(5-7-11)17-14-16-9-13-12(18-14)3-2-8-15-13/h2-9H,1H3,(H,16,17,18). The van der Waals surface area contributed by atoms with Gasteiger partial charge in [-0.3, -0.25) is 4.98 Å². The maximum absolute atomic E-state index is 5.11. The van der Waals surface area contributed by atoms with Crippen LogP contribution in [0, 0.1) is 0 Å². The van der Waals surface area contributed by atoms with Crippen molar-refractivity contribution in [1.82, 2.24) is 15.0 Å². The average molecular weight is 252 g/mol. The Hall–Kier alpha value is -2.69. The first-order valence-electron chi connectivity index (χ1n) is 5.84. The van der Waals surface area contributed by atoms with Gasteiger partial charge in [-0.1, -0.05) is 0 Å². The minimum Gasteiger partial charge on any atom is -0.497 e. The average Bonchev–Trinajstić information content (AvgIpc) is 2.48. The van der Waals surface area contributed by atoms with Crippen molar-refractivity contribution in [2.45, 2.75) is 0 Å². The van der Waals surface area contributed by atoms with E-state index in [0.717, 1.165) is 22.5 Å². The normalized spacial score (nSPS) is 10.4. The molecule has 0 aliphatic carbocycles. The number of pyridine rings is 1. The topological polar surface area (TPSA) is 59.9 Å². The minimum absolute atomic E-state index is 0.547. The summed E-state index contributed by atoms with van der Waals surface area (Å²) in [6, 6.07) is 11.3. The lowest BCUT2D eigenvalue weighted by molar-refractivity contribution is 0.415. The Labute approximate surface area is 110 Å². The highest BCUT2D eigenvalue weighted by Gasteiger charge is 2.01. The molecular formula is C14H12N4O. The van der Waals surface area contributed by atoms with Gasteiger partial charge in [0.1, 0.15) is 11.3 Å². The summed E-state index contributed by atoms with van der Waals surface area (Å²) in [5.74, 6) is 1.36. The van der Waals surface area contributed by atoms with Crippen molar-refractivity contribution in [3.63, 3.8) is 0 Å². The monoisotopic (exact) mass is 252 g/mol. The first-order valence-corrected chi connectivity index (χ1v) is 5.84. The third-order valence-electron chi connectivity index (χ3n) is 2.70. The summed E-state index contributed by atoms with van der Waals surface area (Å²) in [6.45, 7) is 0. The summed E-state index contributed by atoms with van der Waals surface area (Å²) in [5, 5.41) is 3.14. The van der Waals surface area contributed by atoms with E-state index in [2.05, 4.69) is 20.3 Å². The Balaban J connectivity index is 1.87. The maximum Gasteiger partial charge on any atom is 0.227 e. The van der Waals surface area contributed by atoms with Gasteiger partial charge in [0.25, 0.3) is 0 Å². The van der Waals surface area contributed by atoms with Crippen LogP contribution >= 0.6 is 0 Å². The molecule has 94 valence electrons. The number of rotatable bonds is 3. The molecule has 0 saturated carbocycles. The molecule has 0 unspecified atom stereocenters. The van der Waals surface area contributed by atoms with E-state index in [-0.39, 0.29) is 0 Å². The molecule has 0 amide bonds. The van der Waals surface area contributed by atoms with Crippen LogP contribution in [0.15, 0.2) is 48.8 Å². The molecule has 2 heterocycles. The zero-order valence-corrected chi connectivity index (χ0v) is 10.4. The van der Waals surface area contributed by atoms with E-state index in [0.29, 0.717) is 5.95 Å². The van der Waals surface area contributed by atoms with Crippen molar-refractivity contribution in [2.24, 2.45) is 0 Å². The van der Waals surface area contributed by atoms with Crippen LogP contribution < -0.4 is 10.1 Å². The predicted molar refractivity (Wildman–Crippen MR) is 73.6 cm³/mol. The number of nitrogens with zero attached hydrogens (tertiary/aromatic N) is 3. The van der Waals surface area contributed by atoms with Crippen LogP contribution in [-0.2, 0) is 0 Å². The van der Waals surface area contributed by atoms with Gasteiger partial charge in [0, 0.05) is 11.9 Å². The van der Waals surface area contributed by atoms with Crippen LogP contribution in [0.5, 0.6) is 5.75 Å². The smallest absolute Gasteiger partial charge is 0.227 e. The van der Waals surface area contributed by atoms with E-state index in [1.165, 1.54) is 0 Å². The quantitative estimate of drug-likeness (QED) is 0.776. The Morgan fingerprint density at radius 2 is 1.84 bits per heavy atom. The number of fused-ring (bicyclic) bond motifs is 1. The van der Waals surface area contributed by atoms with Crippen LogP contribution in [-0.4, -0.2) is 22.1 Å². The molecule has 2 aromatic heterocycles. The second kappa shape index (κ2) is 4.89. The number of ether oxygens (including phenoxy) is 1. The van der Waals surface area contributed by atoms with E-state index >= 15 is 0 Å². The highest BCUT2D eigenvalue weighted by atomic mass is 16.5. The Morgan fingerprint density at radius 1 is 1.00 bits per heavy atom. The van der Waals surface area contributed by atoms with Gasteiger partial charge in [0.2, 0.25) is 5.95 Å². The number of benzene rings is 1. The fourth-order valence-corrected chi connectivity index (χ4v) is 1.73. The van der Waals surface area contributed by atoms with E-state index in [4.69, 9.17) is 4.74 Å². The van der Waals surface area contributed by atoms with E-state index in [1.807, 2.05) is 36.4 Å². The Kier molecular flexibility index (Phi) is 2.94. The number of nitrogens with one attached hydrogen (secondary N) is 1. The SMILES string of the molecule is COc1ccc(Nc2ncc3ncccc3n2)cc1. The zero-order chi connectivity index (χ0) is 13.1. The second-order valence-electron chi connectivity index (χ2n) is 3.95. The first-order chi connectivity index (χ1) is 9.35. The highest BCUT2D eigenvalue weighted by Crippen LogP contribution is 2.18. The second-order valence-corrected chi connectivity index (χ2v) is 3.95. The summed E-state index contributed by atoms with van der Waals surface area (Å²) in [6.07, 6.45) is 3.43. The van der Waals surface area contributed by atoms with Gasteiger partial charge in [-0.25, -0.2) is 9.97 Å². The molecule has 19 heavy (non-hydrogen) atoms. The van der Waals surface area contributed by atoms with E-state index < -0.39 is 0 Å². The zero-order valence-electron chi connectivity index (χ0n) is 10.4. The lowest BCUT2D eigenvalue weighted by Gasteiger charge is -2.06. The van der Waals surface area contributed by atoms with E-state index in [1.54, 1.807) is 19.5 Å². The number of hydrogen-bond acceptors (Lipinski definition) is 5. The van der Waals surface area contributed by atoms with Gasteiger partial charge < -0.3 is 10.1 Å². The number of aromatic nitrogens is 3. The third-order valence-corrected chi connectivity index (χ3v) is 2.70. The van der Waals surface area contributed by atoms with E-state index in [9.17, 15) is 0 Å². The third kappa shape index (κ3) is 2.44. The van der Waals surface area contributed by atoms with Crippen LogP contribution in [0.2, 0.25) is 0 Å². The van der Waals surface area contributed by atoms with Crippen LogP contribution in [0.25, 0.3) is 11.0 Å². The van der Waals surface area contributed by atoms with Gasteiger partial charge >= 0.3 is 0 Å². The molecule has 0 radical (unpaired) electrons. The highest BCUT2D eigenvalue weighted by molar-refractivity contribution is 5.74. The summed E-state index contributed by atoms with van der Waals surface area (Å²) >= 11 is 0.